The summed E-state index contributed by atoms with van der Waals surface area (Å²) in [6, 6.07) is 16.8. The van der Waals surface area contributed by atoms with Crippen LogP contribution in [0.4, 0.5) is 0 Å². The van der Waals surface area contributed by atoms with Gasteiger partial charge in [0.1, 0.15) is 6.10 Å². The Morgan fingerprint density at radius 1 is 1.11 bits per heavy atom. The highest BCUT2D eigenvalue weighted by Gasteiger charge is 2.39. The van der Waals surface area contributed by atoms with Crippen molar-refractivity contribution >= 4 is 21.8 Å². The standard InChI is InChI=1S/C16H12BrNO/c17-12-6-3-5-11(8-12)16-18-14-9-10-4-1-2-7-13(10)15(14)19-16/h1-8,14-15H,9H2/t14-,15+/m0/s1. The van der Waals surface area contributed by atoms with Crippen molar-refractivity contribution in [3.63, 3.8) is 0 Å². The number of rotatable bonds is 1. The second kappa shape index (κ2) is 4.20. The van der Waals surface area contributed by atoms with Crippen LogP contribution in [0, 0.1) is 0 Å². The largest absolute Gasteiger partial charge is 0.467 e. The third-order valence-electron chi connectivity index (χ3n) is 3.73. The van der Waals surface area contributed by atoms with Crippen LogP contribution in [0.1, 0.15) is 22.8 Å². The molecule has 94 valence electrons. The molecule has 2 aromatic rings. The molecule has 1 aliphatic heterocycles. The molecule has 0 radical (unpaired) electrons. The smallest absolute Gasteiger partial charge is 0.217 e. The van der Waals surface area contributed by atoms with Crippen molar-refractivity contribution < 1.29 is 4.74 Å². The molecule has 0 amide bonds. The van der Waals surface area contributed by atoms with Gasteiger partial charge < -0.3 is 4.74 Å². The Bertz CT molecular complexity index is 680. The lowest BCUT2D eigenvalue weighted by atomic mass is 10.1. The van der Waals surface area contributed by atoms with Crippen molar-refractivity contribution in [3.8, 4) is 0 Å². The van der Waals surface area contributed by atoms with E-state index in [1.54, 1.807) is 0 Å². The Hall–Kier alpha value is -1.61. The van der Waals surface area contributed by atoms with E-state index in [0.29, 0.717) is 0 Å². The van der Waals surface area contributed by atoms with Gasteiger partial charge in [0.15, 0.2) is 0 Å². The second-order valence-corrected chi connectivity index (χ2v) is 5.87. The number of aliphatic imine (C=N–C) groups is 1. The maximum Gasteiger partial charge on any atom is 0.217 e. The molecule has 0 bridgehead atoms. The van der Waals surface area contributed by atoms with Gasteiger partial charge in [0.25, 0.3) is 0 Å². The summed E-state index contributed by atoms with van der Waals surface area (Å²) in [5.41, 5.74) is 3.71. The fraction of sp³-hybridized carbons (Fsp3) is 0.188. The Kier molecular flexibility index (Phi) is 2.49. The van der Waals surface area contributed by atoms with Crippen molar-refractivity contribution in [1.29, 1.82) is 0 Å². The zero-order chi connectivity index (χ0) is 12.8. The molecule has 2 nitrogen and oxygen atoms in total. The van der Waals surface area contributed by atoms with Gasteiger partial charge in [-0.15, -0.1) is 0 Å². The molecule has 19 heavy (non-hydrogen) atoms. The third kappa shape index (κ3) is 1.80. The van der Waals surface area contributed by atoms with Crippen molar-refractivity contribution in [2.45, 2.75) is 18.6 Å². The summed E-state index contributed by atoms with van der Waals surface area (Å²) in [6.07, 6.45) is 1.09. The van der Waals surface area contributed by atoms with Crippen LogP contribution in [0.25, 0.3) is 0 Å². The highest BCUT2D eigenvalue weighted by molar-refractivity contribution is 9.10. The first-order valence-corrected chi connectivity index (χ1v) is 7.19. The molecule has 2 aliphatic rings. The first-order valence-electron chi connectivity index (χ1n) is 6.39. The number of halogens is 1. The predicted molar refractivity (Wildman–Crippen MR) is 78.4 cm³/mol. The van der Waals surface area contributed by atoms with Gasteiger partial charge in [0.2, 0.25) is 5.90 Å². The second-order valence-electron chi connectivity index (χ2n) is 4.95. The lowest BCUT2D eigenvalue weighted by molar-refractivity contribution is 0.209. The molecular formula is C16H12BrNO. The van der Waals surface area contributed by atoms with Gasteiger partial charge >= 0.3 is 0 Å². The normalized spacial score (nSPS) is 23.5. The lowest BCUT2D eigenvalue weighted by Crippen LogP contribution is -2.08. The van der Waals surface area contributed by atoms with Crippen LogP contribution < -0.4 is 0 Å². The first-order chi connectivity index (χ1) is 9.31. The number of nitrogens with zero attached hydrogens (tertiary/aromatic N) is 1. The third-order valence-corrected chi connectivity index (χ3v) is 4.23. The molecule has 1 heterocycles. The van der Waals surface area contributed by atoms with Crippen molar-refractivity contribution in [2.75, 3.05) is 0 Å². The van der Waals surface area contributed by atoms with E-state index in [0.717, 1.165) is 22.4 Å². The van der Waals surface area contributed by atoms with Gasteiger partial charge in [-0.25, -0.2) is 4.99 Å². The van der Waals surface area contributed by atoms with E-state index in [1.165, 1.54) is 11.1 Å². The van der Waals surface area contributed by atoms with Crippen LogP contribution >= 0.6 is 15.9 Å². The molecule has 0 spiro atoms. The van der Waals surface area contributed by atoms with E-state index in [-0.39, 0.29) is 12.1 Å². The molecule has 0 fully saturated rings. The van der Waals surface area contributed by atoms with Crippen LogP contribution in [0.3, 0.4) is 0 Å². The minimum atomic E-state index is 0.102. The van der Waals surface area contributed by atoms with Crippen LogP contribution in [-0.4, -0.2) is 11.9 Å². The molecular weight excluding hydrogens is 302 g/mol. The van der Waals surface area contributed by atoms with E-state index in [4.69, 9.17) is 9.73 Å². The fourth-order valence-electron chi connectivity index (χ4n) is 2.86. The van der Waals surface area contributed by atoms with E-state index >= 15 is 0 Å². The SMILES string of the molecule is Brc1cccc(C2=N[C@H]3Cc4ccccc4[C@H]3O2)c1. The molecule has 0 N–H and O–H groups in total. The number of ether oxygens (including phenoxy) is 1. The summed E-state index contributed by atoms with van der Waals surface area (Å²) in [7, 11) is 0. The average molecular weight is 314 g/mol. The molecule has 1 aliphatic carbocycles. The summed E-state index contributed by atoms with van der Waals surface area (Å²) >= 11 is 3.49. The molecule has 0 saturated heterocycles. The van der Waals surface area contributed by atoms with Crippen LogP contribution in [0.2, 0.25) is 0 Å². The highest BCUT2D eigenvalue weighted by Crippen LogP contribution is 2.40. The van der Waals surface area contributed by atoms with Gasteiger partial charge in [-0.2, -0.15) is 0 Å². The van der Waals surface area contributed by atoms with E-state index in [2.05, 4.69) is 40.2 Å². The van der Waals surface area contributed by atoms with Gasteiger partial charge in [0, 0.05) is 10.0 Å². The summed E-state index contributed by atoms with van der Waals surface area (Å²) < 4.78 is 7.13. The number of benzene rings is 2. The summed E-state index contributed by atoms with van der Waals surface area (Å²) in [6.45, 7) is 0. The van der Waals surface area contributed by atoms with Crippen molar-refractivity contribution in [2.24, 2.45) is 4.99 Å². The molecule has 0 saturated carbocycles. The molecule has 4 rings (SSSR count). The predicted octanol–water partition coefficient (Wildman–Crippen LogP) is 3.89. The molecule has 2 aromatic carbocycles. The maximum atomic E-state index is 6.08. The van der Waals surface area contributed by atoms with Crippen molar-refractivity contribution in [1.82, 2.24) is 0 Å². The van der Waals surface area contributed by atoms with E-state index < -0.39 is 0 Å². The van der Waals surface area contributed by atoms with Crippen LogP contribution in [-0.2, 0) is 11.2 Å². The Morgan fingerprint density at radius 2 is 2.00 bits per heavy atom. The Morgan fingerprint density at radius 3 is 2.89 bits per heavy atom. The van der Waals surface area contributed by atoms with Gasteiger partial charge in [-0.3, -0.25) is 0 Å². The van der Waals surface area contributed by atoms with Gasteiger partial charge in [-0.05, 0) is 35.7 Å². The number of hydrogen-bond donors (Lipinski definition) is 0. The summed E-state index contributed by atoms with van der Waals surface area (Å²) in [4.78, 5) is 4.75. The van der Waals surface area contributed by atoms with E-state index in [1.807, 2.05) is 24.3 Å². The lowest BCUT2D eigenvalue weighted by Gasteiger charge is -2.11. The molecule has 3 heteroatoms. The van der Waals surface area contributed by atoms with Gasteiger partial charge in [-0.1, -0.05) is 46.3 Å². The topological polar surface area (TPSA) is 21.6 Å². The van der Waals surface area contributed by atoms with Gasteiger partial charge in [0.05, 0.1) is 6.04 Å². The maximum absolute atomic E-state index is 6.08. The minimum absolute atomic E-state index is 0.102. The fourth-order valence-corrected chi connectivity index (χ4v) is 3.26. The Balaban J connectivity index is 1.68. The quantitative estimate of drug-likeness (QED) is 0.782. The first kappa shape index (κ1) is 11.2. The average Bonchev–Trinajstić information content (AvgIpc) is 2.96. The minimum Gasteiger partial charge on any atom is -0.467 e. The zero-order valence-electron chi connectivity index (χ0n) is 10.2. The summed E-state index contributed by atoms with van der Waals surface area (Å²) in [5.74, 6) is 0.769. The highest BCUT2D eigenvalue weighted by atomic mass is 79.9. The van der Waals surface area contributed by atoms with Crippen LogP contribution in [0.5, 0.6) is 0 Å². The van der Waals surface area contributed by atoms with E-state index in [9.17, 15) is 0 Å². The molecule has 0 aromatic heterocycles. The zero-order valence-corrected chi connectivity index (χ0v) is 11.8. The van der Waals surface area contributed by atoms with Crippen LogP contribution in [0.15, 0.2) is 58.0 Å². The number of fused-ring (bicyclic) bond motifs is 3. The van der Waals surface area contributed by atoms with Crippen molar-refractivity contribution in [3.05, 3.63) is 69.7 Å². The monoisotopic (exact) mass is 313 g/mol. The molecule has 0 unspecified atom stereocenters. The summed E-state index contributed by atoms with van der Waals surface area (Å²) in [5, 5.41) is 0. The number of hydrogen-bond acceptors (Lipinski definition) is 2. The Labute approximate surface area is 120 Å². The molecule has 2 atom stereocenters.